The van der Waals surface area contributed by atoms with E-state index in [4.69, 9.17) is 8.54 Å². The highest BCUT2D eigenvalue weighted by molar-refractivity contribution is 6.92. The van der Waals surface area contributed by atoms with Gasteiger partial charge in [0.1, 0.15) is 0 Å². The standard InChI is InChI=1S/C25H42O2Si3/c1-7-8-22-30(6,27-29(4,5)25-19-13-10-14-20-25)23-26-28(2,3)21-15-18-24-16-11-9-12-17-24/h9-14,16-17,19-20H,7-8,15,18,21-23H2,1-6H3. The SMILES string of the molecule is CCCC[Si](C)(CO[Si](C)(C)CCCc1ccccc1)O[Si](C)(C)c1ccccc1. The quantitative estimate of drug-likeness (QED) is 0.304. The van der Waals surface area contributed by atoms with Crippen LogP contribution < -0.4 is 5.19 Å². The van der Waals surface area contributed by atoms with Gasteiger partial charge in [-0.15, -0.1) is 0 Å². The van der Waals surface area contributed by atoms with Crippen LogP contribution in [0.4, 0.5) is 0 Å². The molecule has 0 saturated carbocycles. The number of unbranched alkanes of at least 4 members (excludes halogenated alkanes) is 1. The summed E-state index contributed by atoms with van der Waals surface area (Å²) in [7, 11) is -5.55. The van der Waals surface area contributed by atoms with Crippen molar-refractivity contribution in [2.45, 2.75) is 77.4 Å². The van der Waals surface area contributed by atoms with Crippen LogP contribution in [-0.4, -0.2) is 31.2 Å². The van der Waals surface area contributed by atoms with Crippen molar-refractivity contribution in [2.75, 3.05) is 6.23 Å². The average Bonchev–Trinajstić information content (AvgIpc) is 2.72. The van der Waals surface area contributed by atoms with Crippen LogP contribution in [0.1, 0.15) is 31.7 Å². The lowest BCUT2D eigenvalue weighted by molar-refractivity contribution is 0.337. The zero-order valence-electron chi connectivity index (χ0n) is 20.0. The fourth-order valence-corrected chi connectivity index (χ4v) is 16.2. The fourth-order valence-electron chi connectivity index (χ4n) is 4.00. The number of aryl methyl sites for hydroxylation is 1. The van der Waals surface area contributed by atoms with Gasteiger partial charge in [-0.2, -0.15) is 0 Å². The Labute approximate surface area is 188 Å². The first-order valence-corrected chi connectivity index (χ1v) is 20.4. The molecule has 1 atom stereocenters. The number of hydrogen-bond acceptors (Lipinski definition) is 2. The second kappa shape index (κ2) is 11.6. The average molecular weight is 459 g/mol. The molecule has 0 N–H and O–H groups in total. The maximum atomic E-state index is 7.06. The summed E-state index contributed by atoms with van der Waals surface area (Å²) in [5.41, 5.74) is 1.43. The molecule has 0 radical (unpaired) electrons. The smallest absolute Gasteiger partial charge is 0.205 e. The predicted octanol–water partition coefficient (Wildman–Crippen LogP) is 6.88. The molecule has 0 aromatic heterocycles. The van der Waals surface area contributed by atoms with Crippen LogP contribution in [-0.2, 0) is 15.0 Å². The molecule has 166 valence electrons. The summed E-state index contributed by atoms with van der Waals surface area (Å²) in [5.74, 6) is 0. The molecule has 0 bridgehead atoms. The topological polar surface area (TPSA) is 18.5 Å². The van der Waals surface area contributed by atoms with Gasteiger partial charge in [-0.1, -0.05) is 80.4 Å². The van der Waals surface area contributed by atoms with Gasteiger partial charge in [-0.25, -0.2) is 0 Å². The monoisotopic (exact) mass is 458 g/mol. The maximum Gasteiger partial charge on any atom is 0.205 e. The summed E-state index contributed by atoms with van der Waals surface area (Å²) in [6.07, 6.45) is 5.66. The van der Waals surface area contributed by atoms with E-state index in [1.165, 1.54) is 42.1 Å². The van der Waals surface area contributed by atoms with Crippen LogP contribution >= 0.6 is 0 Å². The lowest BCUT2D eigenvalue weighted by Crippen LogP contribution is -2.56. The van der Waals surface area contributed by atoms with Crippen molar-refractivity contribution in [3.8, 4) is 0 Å². The van der Waals surface area contributed by atoms with Crippen LogP contribution in [0.2, 0.25) is 44.8 Å². The van der Waals surface area contributed by atoms with Gasteiger partial charge in [0.15, 0.2) is 8.32 Å². The van der Waals surface area contributed by atoms with E-state index >= 15 is 0 Å². The van der Waals surface area contributed by atoms with Crippen LogP contribution in [0.25, 0.3) is 0 Å². The Hall–Kier alpha value is -0.989. The minimum atomic E-state index is -1.93. The van der Waals surface area contributed by atoms with E-state index < -0.39 is 25.0 Å². The summed E-state index contributed by atoms with van der Waals surface area (Å²) in [4.78, 5) is 0. The Balaban J connectivity index is 1.96. The van der Waals surface area contributed by atoms with Crippen molar-refractivity contribution < 1.29 is 8.54 Å². The fraction of sp³-hybridized carbons (Fsp3) is 0.520. The van der Waals surface area contributed by atoms with Crippen LogP contribution in [0.3, 0.4) is 0 Å². The minimum absolute atomic E-state index is 0.848. The van der Waals surface area contributed by atoms with Crippen molar-refractivity contribution in [1.82, 2.24) is 0 Å². The van der Waals surface area contributed by atoms with Crippen molar-refractivity contribution >= 4 is 30.1 Å². The summed E-state index contributed by atoms with van der Waals surface area (Å²) >= 11 is 0. The summed E-state index contributed by atoms with van der Waals surface area (Å²) in [6, 6.07) is 24.1. The third-order valence-electron chi connectivity index (χ3n) is 5.89. The normalized spacial score (nSPS) is 14.5. The van der Waals surface area contributed by atoms with E-state index in [0.29, 0.717) is 0 Å². The largest absolute Gasteiger partial charge is 0.451 e. The maximum absolute atomic E-state index is 7.06. The molecule has 2 rings (SSSR count). The molecule has 0 aliphatic heterocycles. The Kier molecular flexibility index (Phi) is 9.75. The molecule has 5 heteroatoms. The zero-order chi connectivity index (χ0) is 22.1. The van der Waals surface area contributed by atoms with E-state index in [2.05, 4.69) is 100 Å². The third kappa shape index (κ3) is 8.63. The molecule has 0 fully saturated rings. The van der Waals surface area contributed by atoms with Gasteiger partial charge in [-0.05, 0) is 68.4 Å². The number of benzene rings is 2. The molecule has 0 heterocycles. The summed E-state index contributed by atoms with van der Waals surface area (Å²) in [6.45, 7) is 14.1. The van der Waals surface area contributed by atoms with Crippen LogP contribution in [0.15, 0.2) is 60.7 Å². The van der Waals surface area contributed by atoms with E-state index in [-0.39, 0.29) is 0 Å². The molecule has 0 spiro atoms. The first kappa shape index (κ1) is 25.3. The molecule has 2 aromatic carbocycles. The molecule has 0 saturated heterocycles. The summed E-state index contributed by atoms with van der Waals surface area (Å²) in [5, 5.41) is 1.39. The highest BCUT2D eigenvalue weighted by Gasteiger charge is 2.39. The first-order chi connectivity index (χ1) is 14.2. The van der Waals surface area contributed by atoms with Gasteiger partial charge in [-0.3, -0.25) is 0 Å². The van der Waals surface area contributed by atoms with E-state index in [0.717, 1.165) is 12.7 Å². The van der Waals surface area contributed by atoms with Crippen molar-refractivity contribution in [3.05, 3.63) is 66.2 Å². The molecule has 2 nitrogen and oxygen atoms in total. The minimum Gasteiger partial charge on any atom is -0.451 e. The van der Waals surface area contributed by atoms with Gasteiger partial charge in [0.05, 0.1) is 6.23 Å². The Morgan fingerprint density at radius 1 is 0.733 bits per heavy atom. The molecule has 30 heavy (non-hydrogen) atoms. The van der Waals surface area contributed by atoms with E-state index in [1.807, 2.05) is 0 Å². The van der Waals surface area contributed by atoms with Gasteiger partial charge in [0.25, 0.3) is 0 Å². The number of rotatable bonds is 13. The second-order valence-electron chi connectivity index (χ2n) is 9.92. The number of hydrogen-bond donors (Lipinski definition) is 0. The molecular formula is C25H42O2Si3. The van der Waals surface area contributed by atoms with Gasteiger partial charge >= 0.3 is 0 Å². The lowest BCUT2D eigenvalue weighted by atomic mass is 10.1. The Bertz CT molecular complexity index is 735. The van der Waals surface area contributed by atoms with Crippen molar-refractivity contribution in [2.24, 2.45) is 0 Å². The zero-order valence-corrected chi connectivity index (χ0v) is 23.0. The van der Waals surface area contributed by atoms with Gasteiger partial charge < -0.3 is 8.54 Å². The van der Waals surface area contributed by atoms with E-state index in [1.54, 1.807) is 0 Å². The highest BCUT2D eigenvalue weighted by Crippen LogP contribution is 2.25. The third-order valence-corrected chi connectivity index (χ3v) is 16.6. The summed E-state index contributed by atoms with van der Waals surface area (Å²) < 4.78 is 13.8. The van der Waals surface area contributed by atoms with Gasteiger partial charge in [0.2, 0.25) is 16.6 Å². The van der Waals surface area contributed by atoms with Crippen molar-refractivity contribution in [3.63, 3.8) is 0 Å². The molecule has 0 amide bonds. The predicted molar refractivity (Wildman–Crippen MR) is 139 cm³/mol. The lowest BCUT2D eigenvalue weighted by Gasteiger charge is -2.38. The molecule has 0 aliphatic carbocycles. The molecule has 2 aromatic rings. The van der Waals surface area contributed by atoms with Crippen molar-refractivity contribution in [1.29, 1.82) is 0 Å². The van der Waals surface area contributed by atoms with Crippen LogP contribution in [0, 0.1) is 0 Å². The first-order valence-electron chi connectivity index (χ1n) is 11.6. The van der Waals surface area contributed by atoms with Crippen LogP contribution in [0.5, 0.6) is 0 Å². The molecular weight excluding hydrogens is 417 g/mol. The Morgan fingerprint density at radius 3 is 1.93 bits per heavy atom. The molecule has 1 unspecified atom stereocenters. The molecule has 0 aliphatic rings. The highest BCUT2D eigenvalue weighted by atomic mass is 28.4. The van der Waals surface area contributed by atoms with E-state index in [9.17, 15) is 0 Å². The van der Waals surface area contributed by atoms with Gasteiger partial charge in [0, 0.05) is 0 Å². The second-order valence-corrected chi connectivity index (χ2v) is 22.3. The Morgan fingerprint density at radius 2 is 1.33 bits per heavy atom.